The van der Waals surface area contributed by atoms with E-state index in [0.29, 0.717) is 5.56 Å². The first-order valence-electron chi connectivity index (χ1n) is 8.82. The Morgan fingerprint density at radius 3 is 2.71 bits per heavy atom. The molecule has 4 rings (SSSR count). The number of hydrogen-bond acceptors (Lipinski definition) is 9. The fourth-order valence-electron chi connectivity index (χ4n) is 3.29. The normalized spacial score (nSPS) is 15.1. The number of allylic oxidation sites excluding steroid dienone is 1. The Kier molecular flexibility index (Phi) is 5.29. The summed E-state index contributed by atoms with van der Waals surface area (Å²) in [5.74, 6) is -1.27. The van der Waals surface area contributed by atoms with Gasteiger partial charge in [-0.25, -0.2) is 4.79 Å². The molecule has 0 spiro atoms. The molecule has 1 aromatic heterocycles. The number of anilines is 1. The summed E-state index contributed by atoms with van der Waals surface area (Å²) in [4.78, 5) is 36.7. The zero-order valence-electron chi connectivity index (χ0n) is 15.9. The molecule has 0 saturated heterocycles. The highest BCUT2D eigenvalue weighted by Crippen LogP contribution is 2.37. The summed E-state index contributed by atoms with van der Waals surface area (Å²) in [6, 6.07) is 11.5. The van der Waals surface area contributed by atoms with Crippen LogP contribution in [0.1, 0.15) is 22.0 Å². The van der Waals surface area contributed by atoms with Gasteiger partial charge in [-0.3, -0.25) is 14.9 Å². The average molecular weight is 485 g/mol. The Morgan fingerprint density at radius 1 is 1.23 bits per heavy atom. The Morgan fingerprint density at radius 2 is 2.00 bits per heavy atom. The smallest absolute Gasteiger partial charge is 0.355 e. The molecule has 0 amide bonds. The molecule has 3 aromatic rings. The number of rotatable bonds is 5. The van der Waals surface area contributed by atoms with E-state index in [0.717, 1.165) is 10.5 Å². The Balaban J connectivity index is 1.96. The van der Waals surface area contributed by atoms with E-state index in [1.807, 2.05) is 0 Å². The Bertz CT molecular complexity index is 1250. The number of carbonyl (C=O) groups is 2. The van der Waals surface area contributed by atoms with Gasteiger partial charge in [0, 0.05) is 22.2 Å². The van der Waals surface area contributed by atoms with Gasteiger partial charge in [0.05, 0.1) is 17.6 Å². The van der Waals surface area contributed by atoms with E-state index >= 15 is 0 Å². The van der Waals surface area contributed by atoms with E-state index in [2.05, 4.69) is 36.8 Å². The molecule has 0 radical (unpaired) electrons. The van der Waals surface area contributed by atoms with Crippen LogP contribution in [0.3, 0.4) is 0 Å². The number of hydrogen-bond donors (Lipinski definition) is 1. The van der Waals surface area contributed by atoms with Crippen LogP contribution < -0.4 is 5.32 Å². The summed E-state index contributed by atoms with van der Waals surface area (Å²) in [7, 11) is 1.18. The van der Waals surface area contributed by atoms with Crippen molar-refractivity contribution in [3.63, 3.8) is 0 Å². The predicted molar refractivity (Wildman–Crippen MR) is 110 cm³/mol. The first-order chi connectivity index (χ1) is 14.9. The molecule has 0 unspecified atom stereocenters. The number of carbonyl (C=O) groups excluding carboxylic acids is 2. The molecular weight excluding hydrogens is 472 g/mol. The van der Waals surface area contributed by atoms with Gasteiger partial charge in [-0.05, 0) is 28.1 Å². The number of nitrogens with zero attached hydrogens (tertiary/aromatic N) is 5. The van der Waals surface area contributed by atoms with Crippen LogP contribution in [0.15, 0.2) is 64.3 Å². The standard InChI is InChI=1S/C19H13BrN6O5/c1-31-18(28)15-14(17(27)11-5-3-7-13(9-11)26(29)30)16(10-4-2-6-12(20)8-10)25-19(21-15)22-23-24-25/h2-9,16H,1H3,(H,21,22,24)/t16-/m0/s1. The lowest BCUT2D eigenvalue weighted by atomic mass is 9.89. The quantitative estimate of drug-likeness (QED) is 0.250. The zero-order valence-corrected chi connectivity index (χ0v) is 17.4. The number of non-ortho nitro benzene ring substituents is 1. The van der Waals surface area contributed by atoms with Crippen molar-refractivity contribution in [1.82, 2.24) is 20.2 Å². The van der Waals surface area contributed by atoms with Crippen LogP contribution in [-0.2, 0) is 9.53 Å². The van der Waals surface area contributed by atoms with Crippen molar-refractivity contribution in [3.05, 3.63) is 85.5 Å². The van der Waals surface area contributed by atoms with Crippen LogP contribution >= 0.6 is 15.9 Å². The molecule has 11 nitrogen and oxygen atoms in total. The van der Waals surface area contributed by atoms with E-state index in [1.165, 1.54) is 30.0 Å². The third-order valence-corrected chi connectivity index (χ3v) is 5.13. The molecule has 1 aliphatic heterocycles. The number of fused-ring (bicyclic) bond motifs is 1. The van der Waals surface area contributed by atoms with Gasteiger partial charge in [0.2, 0.25) is 5.95 Å². The maximum Gasteiger partial charge on any atom is 0.355 e. The highest BCUT2D eigenvalue weighted by molar-refractivity contribution is 9.10. The van der Waals surface area contributed by atoms with Gasteiger partial charge in [-0.2, -0.15) is 4.68 Å². The van der Waals surface area contributed by atoms with Crippen LogP contribution in [0.25, 0.3) is 0 Å². The number of nitrogens with one attached hydrogen (secondary N) is 1. The first-order valence-corrected chi connectivity index (χ1v) is 9.62. The first kappa shape index (κ1) is 20.3. The van der Waals surface area contributed by atoms with Crippen molar-refractivity contribution < 1.29 is 19.2 Å². The number of tetrazole rings is 1. The van der Waals surface area contributed by atoms with Crippen molar-refractivity contribution >= 4 is 39.3 Å². The van der Waals surface area contributed by atoms with Crippen molar-refractivity contribution in [2.24, 2.45) is 0 Å². The zero-order chi connectivity index (χ0) is 22.1. The van der Waals surface area contributed by atoms with E-state index < -0.39 is 22.7 Å². The largest absolute Gasteiger partial charge is 0.464 e. The summed E-state index contributed by atoms with van der Waals surface area (Å²) in [5.41, 5.74) is 0.233. The molecule has 0 bridgehead atoms. The fraction of sp³-hybridized carbons (Fsp3) is 0.105. The van der Waals surface area contributed by atoms with Gasteiger partial charge < -0.3 is 10.1 Å². The predicted octanol–water partition coefficient (Wildman–Crippen LogP) is 2.67. The number of ketones is 1. The highest BCUT2D eigenvalue weighted by Gasteiger charge is 2.38. The summed E-state index contributed by atoms with van der Waals surface area (Å²) in [6.07, 6.45) is 0. The SMILES string of the molecule is COC(=O)C1=C(C(=O)c2cccc([N+](=O)[O-])c2)[C@H](c2cccc(Br)c2)n2nnnc2N1. The van der Waals surface area contributed by atoms with Gasteiger partial charge in [0.1, 0.15) is 11.7 Å². The molecule has 0 fully saturated rings. The van der Waals surface area contributed by atoms with Crippen molar-refractivity contribution in [2.75, 3.05) is 12.4 Å². The molecule has 2 heterocycles. The molecule has 0 aliphatic carbocycles. The van der Waals surface area contributed by atoms with E-state index in [1.54, 1.807) is 24.3 Å². The molecule has 31 heavy (non-hydrogen) atoms. The molecule has 156 valence electrons. The van der Waals surface area contributed by atoms with Crippen molar-refractivity contribution in [1.29, 1.82) is 0 Å². The van der Waals surface area contributed by atoms with Crippen LogP contribution in [0.5, 0.6) is 0 Å². The second-order valence-electron chi connectivity index (χ2n) is 6.45. The number of nitro benzene ring substituents is 1. The summed E-state index contributed by atoms with van der Waals surface area (Å²) >= 11 is 3.40. The number of benzene rings is 2. The highest BCUT2D eigenvalue weighted by atomic mass is 79.9. The summed E-state index contributed by atoms with van der Waals surface area (Å²) in [5, 5.41) is 25.4. The molecule has 1 atom stereocenters. The molecule has 1 aliphatic rings. The maximum absolute atomic E-state index is 13.6. The summed E-state index contributed by atoms with van der Waals surface area (Å²) in [6.45, 7) is 0. The number of nitro groups is 1. The lowest BCUT2D eigenvalue weighted by molar-refractivity contribution is -0.384. The van der Waals surface area contributed by atoms with E-state index in [9.17, 15) is 19.7 Å². The van der Waals surface area contributed by atoms with Crippen LogP contribution in [0.2, 0.25) is 0 Å². The number of aromatic nitrogens is 4. The minimum absolute atomic E-state index is 0.00903. The Labute approximate surface area is 183 Å². The molecule has 0 saturated carbocycles. The van der Waals surface area contributed by atoms with Gasteiger partial charge in [-0.1, -0.05) is 45.3 Å². The second-order valence-corrected chi connectivity index (χ2v) is 7.36. The third kappa shape index (κ3) is 3.68. The molecule has 1 N–H and O–H groups in total. The number of esters is 1. The number of methoxy groups -OCH3 is 1. The number of halogens is 1. The van der Waals surface area contributed by atoms with Gasteiger partial charge in [0.15, 0.2) is 5.78 Å². The monoisotopic (exact) mass is 484 g/mol. The van der Waals surface area contributed by atoms with Gasteiger partial charge >= 0.3 is 5.97 Å². The lowest BCUT2D eigenvalue weighted by Gasteiger charge is -2.28. The topological polar surface area (TPSA) is 142 Å². The van der Waals surface area contributed by atoms with Crippen LogP contribution in [-0.4, -0.2) is 44.0 Å². The molecule has 12 heteroatoms. The molecular formula is C19H13BrN6O5. The fourth-order valence-corrected chi connectivity index (χ4v) is 3.71. The van der Waals surface area contributed by atoms with Crippen LogP contribution in [0.4, 0.5) is 11.6 Å². The van der Waals surface area contributed by atoms with E-state index in [-0.39, 0.29) is 28.5 Å². The minimum Gasteiger partial charge on any atom is -0.464 e. The Hall–Kier alpha value is -3.93. The van der Waals surface area contributed by atoms with Gasteiger partial charge in [-0.15, -0.1) is 0 Å². The van der Waals surface area contributed by atoms with Crippen molar-refractivity contribution in [3.8, 4) is 0 Å². The number of Topliss-reactive ketones (excluding diaryl/α,β-unsaturated/α-hetero) is 1. The summed E-state index contributed by atoms with van der Waals surface area (Å²) < 4.78 is 6.96. The van der Waals surface area contributed by atoms with Crippen LogP contribution in [0, 0.1) is 10.1 Å². The second kappa shape index (κ2) is 8.07. The average Bonchev–Trinajstić information content (AvgIpc) is 3.25. The lowest BCUT2D eigenvalue weighted by Crippen LogP contribution is -2.33. The third-order valence-electron chi connectivity index (χ3n) is 4.63. The maximum atomic E-state index is 13.6. The number of ether oxygens (including phenoxy) is 1. The van der Waals surface area contributed by atoms with Gasteiger partial charge in [0.25, 0.3) is 5.69 Å². The molecule has 2 aromatic carbocycles. The van der Waals surface area contributed by atoms with Crippen molar-refractivity contribution in [2.45, 2.75) is 6.04 Å². The minimum atomic E-state index is -0.885. The van der Waals surface area contributed by atoms with E-state index in [4.69, 9.17) is 4.74 Å².